The molecule has 0 bridgehead atoms. The molecule has 0 radical (unpaired) electrons. The first-order chi connectivity index (χ1) is 7.37. The van der Waals surface area contributed by atoms with Gasteiger partial charge >= 0.3 is 0 Å². The first-order valence-electron chi connectivity index (χ1n) is 6.02. The molecule has 0 heterocycles. The lowest BCUT2D eigenvalue weighted by Gasteiger charge is -2.16. The highest BCUT2D eigenvalue weighted by Gasteiger charge is 2.12. The zero-order valence-electron chi connectivity index (χ0n) is 11.2. The van der Waals surface area contributed by atoms with Gasteiger partial charge in [0.05, 0.1) is 5.60 Å². The van der Waals surface area contributed by atoms with Crippen LogP contribution >= 0.6 is 0 Å². The molecule has 0 aromatic rings. The zero-order valence-corrected chi connectivity index (χ0v) is 11.2. The summed E-state index contributed by atoms with van der Waals surface area (Å²) in [5, 5.41) is 9.73. The summed E-state index contributed by atoms with van der Waals surface area (Å²) in [6.45, 7) is 11.8. The van der Waals surface area contributed by atoms with Crippen LogP contribution < -0.4 is 0 Å². The Morgan fingerprint density at radius 1 is 1.19 bits per heavy atom. The first-order valence-corrected chi connectivity index (χ1v) is 6.02. The minimum absolute atomic E-state index is 0.726. The van der Waals surface area contributed by atoms with E-state index < -0.39 is 5.60 Å². The minimum Gasteiger partial charge on any atom is -0.386 e. The van der Waals surface area contributed by atoms with Crippen LogP contribution in [0.1, 0.15) is 53.4 Å². The molecular weight excluding hydrogens is 196 g/mol. The third-order valence-electron chi connectivity index (χ3n) is 2.67. The average Bonchev–Trinajstić information content (AvgIpc) is 2.17. The fourth-order valence-electron chi connectivity index (χ4n) is 1.40. The van der Waals surface area contributed by atoms with Gasteiger partial charge in [-0.2, -0.15) is 0 Å². The van der Waals surface area contributed by atoms with Crippen LogP contribution in [0.4, 0.5) is 0 Å². The van der Waals surface area contributed by atoms with Crippen LogP contribution in [-0.4, -0.2) is 10.7 Å². The summed E-state index contributed by atoms with van der Waals surface area (Å²) in [6.07, 6.45) is 9.98. The molecule has 92 valence electrons. The van der Waals surface area contributed by atoms with E-state index in [9.17, 15) is 5.11 Å². The fraction of sp³-hybridized carbons (Fsp3) is 0.600. The van der Waals surface area contributed by atoms with Gasteiger partial charge in [0.1, 0.15) is 0 Å². The maximum atomic E-state index is 9.73. The fourth-order valence-corrected chi connectivity index (χ4v) is 1.40. The van der Waals surface area contributed by atoms with Crippen molar-refractivity contribution in [1.82, 2.24) is 0 Å². The Morgan fingerprint density at radius 2 is 1.81 bits per heavy atom. The van der Waals surface area contributed by atoms with E-state index in [2.05, 4.69) is 39.5 Å². The summed E-state index contributed by atoms with van der Waals surface area (Å²) >= 11 is 0. The lowest BCUT2D eigenvalue weighted by molar-refractivity contribution is 0.103. The van der Waals surface area contributed by atoms with Crippen LogP contribution in [0.15, 0.2) is 36.0 Å². The van der Waals surface area contributed by atoms with E-state index in [1.807, 2.05) is 0 Å². The molecule has 0 aromatic carbocycles. The molecule has 0 saturated heterocycles. The van der Waals surface area contributed by atoms with E-state index in [4.69, 9.17) is 0 Å². The third-order valence-corrected chi connectivity index (χ3v) is 2.67. The second kappa shape index (κ2) is 7.45. The number of hydrogen-bond donors (Lipinski definition) is 1. The van der Waals surface area contributed by atoms with Gasteiger partial charge in [0.15, 0.2) is 0 Å². The Hall–Kier alpha value is -0.820. The van der Waals surface area contributed by atoms with Crippen molar-refractivity contribution in [1.29, 1.82) is 0 Å². The van der Waals surface area contributed by atoms with Gasteiger partial charge < -0.3 is 5.11 Å². The largest absolute Gasteiger partial charge is 0.386 e. The van der Waals surface area contributed by atoms with E-state index in [1.54, 1.807) is 13.0 Å². The molecule has 16 heavy (non-hydrogen) atoms. The second-order valence-corrected chi connectivity index (χ2v) is 4.97. The lowest BCUT2D eigenvalue weighted by atomic mass is 9.99. The van der Waals surface area contributed by atoms with Crippen molar-refractivity contribution in [3.8, 4) is 0 Å². The van der Waals surface area contributed by atoms with Crippen molar-refractivity contribution in [3.63, 3.8) is 0 Å². The smallest absolute Gasteiger partial charge is 0.0800 e. The van der Waals surface area contributed by atoms with Crippen molar-refractivity contribution in [2.24, 2.45) is 0 Å². The Bertz CT molecular complexity index is 265. The van der Waals surface area contributed by atoms with Gasteiger partial charge in [-0.15, -0.1) is 6.58 Å². The molecule has 1 nitrogen and oxygen atoms in total. The highest BCUT2D eigenvalue weighted by molar-refractivity contribution is 5.03. The number of aliphatic hydroxyl groups is 1. The predicted molar refractivity (Wildman–Crippen MR) is 72.5 cm³/mol. The van der Waals surface area contributed by atoms with E-state index >= 15 is 0 Å². The van der Waals surface area contributed by atoms with Gasteiger partial charge in [0.25, 0.3) is 0 Å². The number of hydrogen-bond acceptors (Lipinski definition) is 1. The molecule has 0 rings (SSSR count). The van der Waals surface area contributed by atoms with E-state index in [-0.39, 0.29) is 0 Å². The Labute approximate surface area is 101 Å². The van der Waals surface area contributed by atoms with Crippen LogP contribution in [0.3, 0.4) is 0 Å². The summed E-state index contributed by atoms with van der Waals surface area (Å²) in [4.78, 5) is 0. The van der Waals surface area contributed by atoms with E-state index in [0.29, 0.717) is 0 Å². The SMILES string of the molecule is C=C[C@@](C)(O)CCC=C(C)CCC=C(C)C. The Balaban J connectivity index is 3.88. The van der Waals surface area contributed by atoms with E-state index in [1.165, 1.54) is 11.1 Å². The summed E-state index contributed by atoms with van der Waals surface area (Å²) in [6, 6.07) is 0. The molecular formula is C15H26O. The van der Waals surface area contributed by atoms with E-state index in [0.717, 1.165) is 25.7 Å². The van der Waals surface area contributed by atoms with Crippen LogP contribution in [-0.2, 0) is 0 Å². The third kappa shape index (κ3) is 8.49. The quantitative estimate of drug-likeness (QED) is 0.633. The normalized spacial score (nSPS) is 15.4. The topological polar surface area (TPSA) is 20.2 Å². The van der Waals surface area contributed by atoms with Gasteiger partial charge in [0, 0.05) is 0 Å². The molecule has 0 amide bonds. The zero-order chi connectivity index (χ0) is 12.6. The van der Waals surface area contributed by atoms with Crippen molar-refractivity contribution in [3.05, 3.63) is 36.0 Å². The van der Waals surface area contributed by atoms with Crippen molar-refractivity contribution in [2.75, 3.05) is 0 Å². The van der Waals surface area contributed by atoms with Gasteiger partial charge in [0.2, 0.25) is 0 Å². The monoisotopic (exact) mass is 222 g/mol. The maximum Gasteiger partial charge on any atom is 0.0800 e. The first kappa shape index (κ1) is 15.2. The van der Waals surface area contributed by atoms with Crippen LogP contribution in [0.25, 0.3) is 0 Å². The lowest BCUT2D eigenvalue weighted by Crippen LogP contribution is -2.19. The molecule has 0 spiro atoms. The molecule has 0 aliphatic heterocycles. The summed E-state index contributed by atoms with van der Waals surface area (Å²) in [7, 11) is 0. The summed E-state index contributed by atoms with van der Waals surface area (Å²) in [5.74, 6) is 0. The van der Waals surface area contributed by atoms with Crippen molar-refractivity contribution < 1.29 is 5.11 Å². The summed E-state index contributed by atoms with van der Waals surface area (Å²) in [5.41, 5.74) is 2.05. The molecule has 0 unspecified atom stereocenters. The van der Waals surface area contributed by atoms with Crippen LogP contribution in [0.2, 0.25) is 0 Å². The average molecular weight is 222 g/mol. The maximum absolute atomic E-state index is 9.73. The molecule has 0 fully saturated rings. The molecule has 0 aliphatic carbocycles. The molecule has 1 heteroatoms. The van der Waals surface area contributed by atoms with Crippen LogP contribution in [0.5, 0.6) is 0 Å². The highest BCUT2D eigenvalue weighted by Crippen LogP contribution is 2.15. The molecule has 1 N–H and O–H groups in total. The van der Waals surface area contributed by atoms with Gasteiger partial charge in [-0.1, -0.05) is 29.4 Å². The highest BCUT2D eigenvalue weighted by atomic mass is 16.3. The Morgan fingerprint density at radius 3 is 2.31 bits per heavy atom. The van der Waals surface area contributed by atoms with Gasteiger partial charge in [-0.25, -0.2) is 0 Å². The van der Waals surface area contributed by atoms with Gasteiger partial charge in [-0.05, 0) is 53.4 Å². The second-order valence-electron chi connectivity index (χ2n) is 4.97. The van der Waals surface area contributed by atoms with Crippen molar-refractivity contribution >= 4 is 0 Å². The Kier molecular flexibility index (Phi) is 7.07. The summed E-state index contributed by atoms with van der Waals surface area (Å²) < 4.78 is 0. The minimum atomic E-state index is -0.726. The van der Waals surface area contributed by atoms with Crippen LogP contribution in [0, 0.1) is 0 Å². The van der Waals surface area contributed by atoms with Gasteiger partial charge in [-0.3, -0.25) is 0 Å². The number of allylic oxidation sites excluding steroid dienone is 4. The standard InChI is InChI=1S/C15H26O/c1-6-15(5,16)12-8-11-14(4)10-7-9-13(2)3/h6,9,11,16H,1,7-8,10,12H2,2-5H3/t15-/m1/s1. The van der Waals surface area contributed by atoms with Crippen molar-refractivity contribution in [2.45, 2.75) is 59.0 Å². The molecule has 0 saturated carbocycles. The number of rotatable bonds is 7. The molecule has 1 atom stereocenters. The molecule has 0 aliphatic rings. The predicted octanol–water partition coefficient (Wildman–Crippen LogP) is 4.40. The molecule has 0 aromatic heterocycles.